The predicted molar refractivity (Wildman–Crippen MR) is 60.9 cm³/mol. The molecule has 0 saturated heterocycles. The summed E-state index contributed by atoms with van der Waals surface area (Å²) in [6, 6.07) is 0. The Kier molecular flexibility index (Phi) is 3.86. The van der Waals surface area contributed by atoms with Crippen molar-refractivity contribution >= 4 is 27.3 Å². The summed E-state index contributed by atoms with van der Waals surface area (Å²) < 4.78 is 6.27. The summed E-state index contributed by atoms with van der Waals surface area (Å²) in [6.45, 7) is 4.83. The van der Waals surface area contributed by atoms with Gasteiger partial charge in [0.1, 0.15) is 6.61 Å². The average Bonchev–Trinajstić information content (AvgIpc) is 2.48. The molecule has 0 aliphatic carbocycles. The molecular weight excluding hydrogens is 266 g/mol. The monoisotopic (exact) mass is 279 g/mol. The second-order valence-electron chi connectivity index (χ2n) is 3.82. The minimum absolute atomic E-state index is 0.00184. The van der Waals surface area contributed by atoms with Crippen molar-refractivity contribution in [3.63, 3.8) is 0 Å². The van der Waals surface area contributed by atoms with E-state index in [4.69, 9.17) is 4.74 Å². The zero-order valence-corrected chi connectivity index (χ0v) is 11.1. The Morgan fingerprint density at radius 2 is 2.07 bits per heavy atom. The first-order valence-electron chi connectivity index (χ1n) is 4.21. The van der Waals surface area contributed by atoms with Gasteiger partial charge in [-0.25, -0.2) is 0 Å². The molecule has 0 spiro atoms. The van der Waals surface area contributed by atoms with E-state index in [1.54, 1.807) is 0 Å². The predicted octanol–water partition coefficient (Wildman–Crippen LogP) is 2.02. The number of halogens is 1. The summed E-state index contributed by atoms with van der Waals surface area (Å²) in [5.41, 5.74) is -0.00184. The van der Waals surface area contributed by atoms with E-state index < -0.39 is 0 Å². The molecule has 0 aliphatic heterocycles. The topological polar surface area (TPSA) is 38.2 Å². The molecule has 6 heteroatoms. The molecule has 1 rings (SSSR count). The molecule has 0 aromatic carbocycles. The van der Waals surface area contributed by atoms with Crippen molar-refractivity contribution in [3.05, 3.63) is 3.92 Å². The summed E-state index contributed by atoms with van der Waals surface area (Å²) >= 11 is 4.63. The van der Waals surface area contributed by atoms with E-state index in [1.807, 2.05) is 14.1 Å². The van der Waals surface area contributed by atoms with Crippen LogP contribution in [0.1, 0.15) is 13.8 Å². The Balaban J connectivity index is 2.48. The Bertz CT molecular complexity index is 301. The highest BCUT2D eigenvalue weighted by Gasteiger charge is 2.22. The van der Waals surface area contributed by atoms with Gasteiger partial charge in [-0.05, 0) is 55.2 Å². The lowest BCUT2D eigenvalue weighted by atomic mass is 10.1. The Labute approximate surface area is 96.4 Å². The van der Waals surface area contributed by atoms with Gasteiger partial charge in [0.15, 0.2) is 3.92 Å². The average molecular weight is 280 g/mol. The van der Waals surface area contributed by atoms with Crippen molar-refractivity contribution in [2.75, 3.05) is 20.7 Å². The van der Waals surface area contributed by atoms with Crippen LogP contribution in [0.15, 0.2) is 3.92 Å². The molecule has 0 aliphatic rings. The molecule has 14 heavy (non-hydrogen) atoms. The molecule has 0 bridgehead atoms. The first kappa shape index (κ1) is 11.9. The Hall–Kier alpha value is -0.200. The van der Waals surface area contributed by atoms with Crippen LogP contribution in [0.3, 0.4) is 0 Å². The van der Waals surface area contributed by atoms with Crippen molar-refractivity contribution in [1.29, 1.82) is 0 Å². The van der Waals surface area contributed by atoms with Crippen LogP contribution in [0, 0.1) is 0 Å². The summed E-state index contributed by atoms with van der Waals surface area (Å²) in [7, 11) is 4.05. The van der Waals surface area contributed by atoms with Gasteiger partial charge in [-0.2, -0.15) is 0 Å². The van der Waals surface area contributed by atoms with Gasteiger partial charge >= 0.3 is 0 Å². The van der Waals surface area contributed by atoms with Gasteiger partial charge in [0.25, 0.3) is 5.19 Å². The normalized spacial score (nSPS) is 12.1. The summed E-state index contributed by atoms with van der Waals surface area (Å²) in [6.07, 6.45) is 0. The second kappa shape index (κ2) is 4.55. The zero-order chi connectivity index (χ0) is 10.8. The fourth-order valence-corrected chi connectivity index (χ4v) is 1.54. The lowest BCUT2D eigenvalue weighted by Crippen LogP contribution is -2.43. The van der Waals surface area contributed by atoms with Gasteiger partial charge in [0, 0.05) is 5.54 Å². The first-order valence-corrected chi connectivity index (χ1v) is 5.82. The van der Waals surface area contributed by atoms with E-state index in [0.29, 0.717) is 11.8 Å². The minimum Gasteiger partial charge on any atom is -0.467 e. The largest absolute Gasteiger partial charge is 0.467 e. The lowest BCUT2D eigenvalue weighted by Gasteiger charge is -2.31. The highest BCUT2D eigenvalue weighted by molar-refractivity contribution is 9.11. The molecule has 0 fully saturated rings. The fourth-order valence-electron chi connectivity index (χ4n) is 0.619. The smallest absolute Gasteiger partial charge is 0.294 e. The molecule has 0 amide bonds. The van der Waals surface area contributed by atoms with Crippen molar-refractivity contribution in [3.8, 4) is 5.19 Å². The SMILES string of the molecule is CN(C)C(C)(C)COc1nnc(Br)s1. The van der Waals surface area contributed by atoms with Crippen LogP contribution in [-0.4, -0.2) is 41.3 Å². The van der Waals surface area contributed by atoms with E-state index in [9.17, 15) is 0 Å². The van der Waals surface area contributed by atoms with Crippen molar-refractivity contribution in [2.24, 2.45) is 0 Å². The van der Waals surface area contributed by atoms with Crippen LogP contribution >= 0.6 is 27.3 Å². The van der Waals surface area contributed by atoms with Gasteiger partial charge in [0.05, 0.1) is 0 Å². The van der Waals surface area contributed by atoms with Crippen molar-refractivity contribution < 1.29 is 4.74 Å². The summed E-state index contributed by atoms with van der Waals surface area (Å²) in [5.74, 6) is 0. The minimum atomic E-state index is -0.00184. The van der Waals surface area contributed by atoms with Crippen LogP contribution in [0.5, 0.6) is 5.19 Å². The van der Waals surface area contributed by atoms with Crippen LogP contribution < -0.4 is 4.74 Å². The maximum Gasteiger partial charge on any atom is 0.294 e. The highest BCUT2D eigenvalue weighted by atomic mass is 79.9. The molecule has 1 heterocycles. The van der Waals surface area contributed by atoms with Gasteiger partial charge in [0.2, 0.25) is 0 Å². The standard InChI is InChI=1S/C8H14BrN3OS/c1-8(2,12(3)4)5-13-7-11-10-6(9)14-7/h5H2,1-4H3. The Morgan fingerprint density at radius 1 is 1.43 bits per heavy atom. The number of hydrogen-bond acceptors (Lipinski definition) is 5. The van der Waals surface area contributed by atoms with Gasteiger partial charge in [-0.15, -0.1) is 5.10 Å². The molecule has 0 atom stereocenters. The molecule has 80 valence electrons. The molecule has 0 saturated carbocycles. The molecule has 1 aromatic heterocycles. The Morgan fingerprint density at radius 3 is 2.50 bits per heavy atom. The molecule has 0 unspecified atom stereocenters. The fraction of sp³-hybridized carbons (Fsp3) is 0.750. The second-order valence-corrected chi connectivity index (χ2v) is 6.03. The van der Waals surface area contributed by atoms with Gasteiger partial charge in [-0.1, -0.05) is 5.10 Å². The van der Waals surface area contributed by atoms with Crippen LogP contribution in [0.2, 0.25) is 0 Å². The van der Waals surface area contributed by atoms with Crippen LogP contribution in [0.25, 0.3) is 0 Å². The molecule has 1 aromatic rings. The zero-order valence-electron chi connectivity index (χ0n) is 8.74. The third-order valence-electron chi connectivity index (χ3n) is 2.14. The highest BCUT2D eigenvalue weighted by Crippen LogP contribution is 2.23. The van der Waals surface area contributed by atoms with E-state index in [2.05, 4.69) is 44.9 Å². The number of likely N-dealkylation sites (N-methyl/N-ethyl adjacent to an activating group) is 1. The third-order valence-corrected chi connectivity index (χ3v) is 3.41. The maximum atomic E-state index is 5.53. The number of rotatable bonds is 4. The number of hydrogen-bond donors (Lipinski definition) is 0. The summed E-state index contributed by atoms with van der Waals surface area (Å²) in [5, 5.41) is 8.27. The number of ether oxygens (including phenoxy) is 1. The van der Waals surface area contributed by atoms with E-state index in [-0.39, 0.29) is 5.54 Å². The van der Waals surface area contributed by atoms with E-state index in [1.165, 1.54) is 11.3 Å². The van der Waals surface area contributed by atoms with E-state index in [0.717, 1.165) is 3.92 Å². The maximum absolute atomic E-state index is 5.53. The molecule has 0 radical (unpaired) electrons. The number of nitrogens with zero attached hydrogens (tertiary/aromatic N) is 3. The molecule has 0 N–H and O–H groups in total. The van der Waals surface area contributed by atoms with Crippen LogP contribution in [0.4, 0.5) is 0 Å². The first-order chi connectivity index (χ1) is 6.42. The van der Waals surface area contributed by atoms with E-state index >= 15 is 0 Å². The lowest BCUT2D eigenvalue weighted by molar-refractivity contribution is 0.113. The summed E-state index contributed by atoms with van der Waals surface area (Å²) in [4.78, 5) is 2.11. The van der Waals surface area contributed by atoms with Crippen molar-refractivity contribution in [2.45, 2.75) is 19.4 Å². The quantitative estimate of drug-likeness (QED) is 0.845. The number of aromatic nitrogens is 2. The van der Waals surface area contributed by atoms with Crippen LogP contribution in [-0.2, 0) is 0 Å². The van der Waals surface area contributed by atoms with Crippen molar-refractivity contribution in [1.82, 2.24) is 15.1 Å². The third kappa shape index (κ3) is 3.18. The molecular formula is C8H14BrN3OS. The van der Waals surface area contributed by atoms with Gasteiger partial charge < -0.3 is 9.64 Å². The van der Waals surface area contributed by atoms with Gasteiger partial charge in [-0.3, -0.25) is 0 Å². The molecule has 4 nitrogen and oxygen atoms in total.